The van der Waals surface area contributed by atoms with Crippen molar-refractivity contribution in [3.05, 3.63) is 46.8 Å². The summed E-state index contributed by atoms with van der Waals surface area (Å²) < 4.78 is 0.720. The average Bonchev–Trinajstić information content (AvgIpc) is 2.41. The molecule has 6 heteroatoms. The Morgan fingerprint density at radius 3 is 2.78 bits per heavy atom. The normalized spacial score (nSPS) is 9.89. The van der Waals surface area contributed by atoms with Crippen molar-refractivity contribution in [2.45, 2.75) is 0 Å². The first-order chi connectivity index (χ1) is 8.70. The molecule has 2 N–H and O–H groups in total. The number of carbonyl (C=O) groups is 1. The lowest BCUT2D eigenvalue weighted by Gasteiger charge is -2.08. The quantitative estimate of drug-likeness (QED) is 0.855. The maximum atomic E-state index is 12.0. The van der Waals surface area contributed by atoms with Crippen LogP contribution < -0.4 is 10.6 Å². The third-order valence-electron chi connectivity index (χ3n) is 2.27. The van der Waals surface area contributed by atoms with Crippen LogP contribution in [0.2, 0.25) is 0 Å². The van der Waals surface area contributed by atoms with E-state index in [1.807, 2.05) is 0 Å². The molecule has 0 radical (unpaired) electrons. The third-order valence-corrected chi connectivity index (χ3v) is 2.74. The molecule has 0 saturated carbocycles. The maximum absolute atomic E-state index is 12.0. The Kier molecular flexibility index (Phi) is 3.88. The van der Waals surface area contributed by atoms with Crippen LogP contribution in [0.1, 0.15) is 10.4 Å². The number of carbonyl (C=O) groups excluding carboxylic acids is 1. The topological polar surface area (TPSA) is 66.9 Å². The van der Waals surface area contributed by atoms with E-state index in [2.05, 4.69) is 36.5 Å². The van der Waals surface area contributed by atoms with Gasteiger partial charge in [-0.3, -0.25) is 4.79 Å². The molecule has 0 unspecified atom stereocenters. The van der Waals surface area contributed by atoms with Crippen LogP contribution in [0, 0.1) is 0 Å². The summed E-state index contributed by atoms with van der Waals surface area (Å²) in [5, 5.41) is 5.63. The number of halogens is 1. The molecule has 18 heavy (non-hydrogen) atoms. The van der Waals surface area contributed by atoms with Crippen molar-refractivity contribution < 1.29 is 4.79 Å². The number of amides is 1. The monoisotopic (exact) mass is 306 g/mol. The number of anilines is 2. The van der Waals surface area contributed by atoms with Crippen LogP contribution in [-0.2, 0) is 0 Å². The fourth-order valence-corrected chi connectivity index (χ4v) is 1.67. The fraction of sp³-hybridized carbons (Fsp3) is 0.0833. The molecular formula is C12H11BrN4O. The van der Waals surface area contributed by atoms with Gasteiger partial charge in [0.25, 0.3) is 5.91 Å². The van der Waals surface area contributed by atoms with Gasteiger partial charge in [-0.1, -0.05) is 0 Å². The van der Waals surface area contributed by atoms with Gasteiger partial charge in [0.2, 0.25) is 0 Å². The number of nitrogens with zero attached hydrogens (tertiary/aromatic N) is 2. The molecule has 0 spiro atoms. The second-order valence-corrected chi connectivity index (χ2v) is 4.29. The molecule has 0 aliphatic heterocycles. The molecule has 0 aliphatic carbocycles. The van der Waals surface area contributed by atoms with Gasteiger partial charge in [-0.15, -0.1) is 0 Å². The molecule has 1 amide bonds. The Hall–Kier alpha value is -1.95. The average molecular weight is 307 g/mol. The molecule has 0 bridgehead atoms. The predicted octanol–water partition coefficient (Wildman–Crippen LogP) is 2.53. The SMILES string of the molecule is CNc1ncccc1C(=O)Nc1ccc(Br)nc1. The summed E-state index contributed by atoms with van der Waals surface area (Å²) in [7, 11) is 1.72. The zero-order valence-electron chi connectivity index (χ0n) is 9.64. The molecule has 2 rings (SSSR count). The van der Waals surface area contributed by atoms with Crippen LogP contribution in [0.25, 0.3) is 0 Å². The highest BCUT2D eigenvalue weighted by atomic mass is 79.9. The van der Waals surface area contributed by atoms with Crippen LogP contribution in [0.5, 0.6) is 0 Å². The largest absolute Gasteiger partial charge is 0.372 e. The van der Waals surface area contributed by atoms with E-state index in [0.29, 0.717) is 17.1 Å². The number of pyridine rings is 2. The van der Waals surface area contributed by atoms with Crippen LogP contribution in [0.4, 0.5) is 11.5 Å². The lowest BCUT2D eigenvalue weighted by molar-refractivity contribution is 0.102. The molecular weight excluding hydrogens is 296 g/mol. The molecule has 2 aromatic heterocycles. The van der Waals surface area contributed by atoms with Crippen LogP contribution in [0.3, 0.4) is 0 Å². The molecule has 92 valence electrons. The van der Waals surface area contributed by atoms with E-state index < -0.39 is 0 Å². The summed E-state index contributed by atoms with van der Waals surface area (Å²) in [4.78, 5) is 20.2. The zero-order valence-corrected chi connectivity index (χ0v) is 11.2. The highest BCUT2D eigenvalue weighted by Gasteiger charge is 2.11. The van der Waals surface area contributed by atoms with Gasteiger partial charge in [0, 0.05) is 13.2 Å². The van der Waals surface area contributed by atoms with Crippen LogP contribution in [0.15, 0.2) is 41.3 Å². The van der Waals surface area contributed by atoms with Crippen molar-refractivity contribution in [3.8, 4) is 0 Å². The highest BCUT2D eigenvalue weighted by molar-refractivity contribution is 9.10. The van der Waals surface area contributed by atoms with Crippen molar-refractivity contribution in [2.24, 2.45) is 0 Å². The lowest BCUT2D eigenvalue weighted by atomic mass is 10.2. The second kappa shape index (κ2) is 5.59. The molecule has 5 nitrogen and oxygen atoms in total. The minimum absolute atomic E-state index is 0.225. The van der Waals surface area contributed by atoms with Gasteiger partial charge in [-0.25, -0.2) is 9.97 Å². The van der Waals surface area contributed by atoms with Crippen LogP contribution >= 0.6 is 15.9 Å². The smallest absolute Gasteiger partial charge is 0.259 e. The first-order valence-electron chi connectivity index (χ1n) is 5.26. The Balaban J connectivity index is 2.19. The van der Waals surface area contributed by atoms with Crippen molar-refractivity contribution in [3.63, 3.8) is 0 Å². The number of aromatic nitrogens is 2. The van der Waals surface area contributed by atoms with E-state index in [1.165, 1.54) is 0 Å². The van der Waals surface area contributed by atoms with E-state index in [1.54, 1.807) is 43.7 Å². The number of hydrogen-bond acceptors (Lipinski definition) is 4. The van der Waals surface area contributed by atoms with Crippen molar-refractivity contribution >= 4 is 33.3 Å². The number of rotatable bonds is 3. The van der Waals surface area contributed by atoms with Gasteiger partial charge in [0.15, 0.2) is 0 Å². The Bertz CT molecular complexity index is 556. The Labute approximate surface area is 113 Å². The molecule has 2 aromatic rings. The number of nitrogens with one attached hydrogen (secondary N) is 2. The molecule has 0 aliphatic rings. The van der Waals surface area contributed by atoms with Gasteiger partial charge >= 0.3 is 0 Å². The lowest BCUT2D eigenvalue weighted by Crippen LogP contribution is -2.14. The summed E-state index contributed by atoms with van der Waals surface area (Å²) in [6, 6.07) is 6.96. The summed E-state index contributed by atoms with van der Waals surface area (Å²) in [6.07, 6.45) is 3.21. The minimum Gasteiger partial charge on any atom is -0.372 e. The molecule has 0 saturated heterocycles. The van der Waals surface area contributed by atoms with E-state index >= 15 is 0 Å². The molecule has 2 heterocycles. The summed E-state index contributed by atoms with van der Waals surface area (Å²) >= 11 is 3.24. The maximum Gasteiger partial charge on any atom is 0.259 e. The predicted molar refractivity (Wildman–Crippen MR) is 73.7 cm³/mol. The Morgan fingerprint density at radius 2 is 2.11 bits per heavy atom. The second-order valence-electron chi connectivity index (χ2n) is 3.47. The van der Waals surface area contributed by atoms with Crippen molar-refractivity contribution in [1.29, 1.82) is 0 Å². The Morgan fingerprint density at radius 1 is 1.28 bits per heavy atom. The summed E-state index contributed by atoms with van der Waals surface area (Å²) in [5.74, 6) is 0.316. The van der Waals surface area contributed by atoms with Crippen molar-refractivity contribution in [1.82, 2.24) is 9.97 Å². The van der Waals surface area contributed by atoms with Gasteiger partial charge in [-0.2, -0.15) is 0 Å². The molecule has 0 fully saturated rings. The van der Waals surface area contributed by atoms with E-state index in [-0.39, 0.29) is 5.91 Å². The van der Waals surface area contributed by atoms with E-state index in [4.69, 9.17) is 0 Å². The van der Waals surface area contributed by atoms with Crippen LogP contribution in [-0.4, -0.2) is 22.9 Å². The fourth-order valence-electron chi connectivity index (χ4n) is 1.44. The van der Waals surface area contributed by atoms with Crippen molar-refractivity contribution in [2.75, 3.05) is 17.7 Å². The van der Waals surface area contributed by atoms with Gasteiger partial charge in [-0.05, 0) is 40.2 Å². The van der Waals surface area contributed by atoms with Gasteiger partial charge in [0.05, 0.1) is 17.4 Å². The first-order valence-corrected chi connectivity index (χ1v) is 6.05. The summed E-state index contributed by atoms with van der Waals surface area (Å²) in [6.45, 7) is 0. The highest BCUT2D eigenvalue weighted by Crippen LogP contribution is 2.15. The number of hydrogen-bond donors (Lipinski definition) is 2. The third kappa shape index (κ3) is 2.84. The van der Waals surface area contributed by atoms with E-state index in [9.17, 15) is 4.79 Å². The zero-order chi connectivity index (χ0) is 13.0. The first kappa shape index (κ1) is 12.5. The standard InChI is InChI=1S/C12H11BrN4O/c1-14-11-9(3-2-6-15-11)12(18)17-8-4-5-10(13)16-7-8/h2-7H,1H3,(H,14,15)(H,17,18). The van der Waals surface area contributed by atoms with Gasteiger partial charge < -0.3 is 10.6 Å². The molecule has 0 aromatic carbocycles. The summed E-state index contributed by atoms with van der Waals surface area (Å²) in [5.41, 5.74) is 1.12. The molecule has 0 atom stereocenters. The van der Waals surface area contributed by atoms with Gasteiger partial charge in [0.1, 0.15) is 10.4 Å². The van der Waals surface area contributed by atoms with E-state index in [0.717, 1.165) is 4.60 Å². The minimum atomic E-state index is -0.225.